The Kier molecular flexibility index (Phi) is 7.07. The van der Waals surface area contributed by atoms with Crippen molar-refractivity contribution < 1.29 is 17.9 Å². The molecular weight excluding hydrogens is 488 g/mol. The number of hydrogen-bond donors (Lipinski definition) is 0. The molecule has 3 aromatic carbocycles. The normalized spacial score (nSPS) is 14.4. The number of hydrogen-bond acceptors (Lipinski definition) is 7. The lowest BCUT2D eigenvalue weighted by Gasteiger charge is -2.34. The van der Waals surface area contributed by atoms with E-state index in [2.05, 4.69) is 4.98 Å². The Morgan fingerprint density at radius 3 is 2.24 bits per heavy atom. The van der Waals surface area contributed by atoms with Gasteiger partial charge in [0.25, 0.3) is 0 Å². The van der Waals surface area contributed by atoms with Crippen LogP contribution in [0.5, 0.6) is 17.2 Å². The molecule has 1 aromatic heterocycles. The molecule has 1 aliphatic rings. The van der Waals surface area contributed by atoms with Crippen molar-refractivity contribution in [3.05, 3.63) is 90.6 Å². The third-order valence-electron chi connectivity index (χ3n) is 6.23. The highest BCUT2D eigenvalue weighted by atomic mass is 32.2. The number of anilines is 1. The van der Waals surface area contributed by atoms with Gasteiger partial charge in [0.1, 0.15) is 22.1 Å². The largest absolute Gasteiger partial charge is 0.495 e. The molecule has 9 heteroatoms. The second kappa shape index (κ2) is 10.6. The molecule has 0 spiro atoms. The fourth-order valence-corrected chi connectivity index (χ4v) is 5.79. The zero-order valence-corrected chi connectivity index (χ0v) is 21.6. The third-order valence-corrected chi connectivity index (χ3v) is 8.17. The van der Waals surface area contributed by atoms with Crippen molar-refractivity contribution in [1.82, 2.24) is 14.3 Å². The van der Waals surface area contributed by atoms with Gasteiger partial charge >= 0.3 is 0 Å². The summed E-state index contributed by atoms with van der Waals surface area (Å²) in [5, 5.41) is 0. The van der Waals surface area contributed by atoms with Crippen LogP contribution in [0.25, 0.3) is 11.3 Å². The quantitative estimate of drug-likeness (QED) is 0.350. The lowest BCUT2D eigenvalue weighted by molar-refractivity contribution is 0.372. The van der Waals surface area contributed by atoms with Crippen LogP contribution < -0.4 is 14.4 Å². The van der Waals surface area contributed by atoms with Crippen molar-refractivity contribution in [2.45, 2.75) is 11.8 Å². The Morgan fingerprint density at radius 2 is 1.54 bits per heavy atom. The lowest BCUT2D eigenvalue weighted by Crippen LogP contribution is -2.49. The molecule has 0 aliphatic carbocycles. The second-order valence-corrected chi connectivity index (χ2v) is 10.6. The highest BCUT2D eigenvalue weighted by Crippen LogP contribution is 2.29. The number of methoxy groups -OCH3 is 1. The first-order valence-corrected chi connectivity index (χ1v) is 13.4. The van der Waals surface area contributed by atoms with Gasteiger partial charge in [0.05, 0.1) is 12.8 Å². The van der Waals surface area contributed by atoms with Crippen molar-refractivity contribution in [2.24, 2.45) is 0 Å². The SMILES string of the molecule is COc1cc(C)ccc1S(=O)(=O)N1CCN(c2nccc(-c3ccc(Oc4ccccc4)cc3)n2)CC1. The van der Waals surface area contributed by atoms with Gasteiger partial charge in [0.15, 0.2) is 0 Å². The zero-order valence-electron chi connectivity index (χ0n) is 20.7. The molecule has 0 amide bonds. The van der Waals surface area contributed by atoms with Gasteiger partial charge in [0, 0.05) is 37.9 Å². The Balaban J connectivity index is 1.27. The van der Waals surface area contributed by atoms with Crippen molar-refractivity contribution in [2.75, 3.05) is 38.2 Å². The molecule has 4 aromatic rings. The summed E-state index contributed by atoms with van der Waals surface area (Å²) in [6, 6.07) is 24.4. The molecule has 0 saturated carbocycles. The van der Waals surface area contributed by atoms with Crippen molar-refractivity contribution in [3.63, 3.8) is 0 Å². The molecule has 0 radical (unpaired) electrons. The van der Waals surface area contributed by atoms with Gasteiger partial charge < -0.3 is 14.4 Å². The van der Waals surface area contributed by atoms with Crippen LogP contribution in [0.15, 0.2) is 90.0 Å². The predicted molar refractivity (Wildman–Crippen MR) is 143 cm³/mol. The predicted octanol–water partition coefficient (Wildman–Crippen LogP) is 4.76. The zero-order chi connectivity index (χ0) is 25.8. The summed E-state index contributed by atoms with van der Waals surface area (Å²) in [7, 11) is -2.19. The minimum absolute atomic E-state index is 0.187. The number of piperazine rings is 1. The summed E-state index contributed by atoms with van der Waals surface area (Å²) in [4.78, 5) is 11.4. The van der Waals surface area contributed by atoms with E-state index in [-0.39, 0.29) is 4.90 Å². The summed E-state index contributed by atoms with van der Waals surface area (Å²) in [6.07, 6.45) is 1.73. The maximum atomic E-state index is 13.3. The van der Waals surface area contributed by atoms with Gasteiger partial charge in [-0.15, -0.1) is 0 Å². The average Bonchev–Trinajstić information content (AvgIpc) is 2.94. The van der Waals surface area contributed by atoms with E-state index in [1.54, 1.807) is 24.4 Å². The summed E-state index contributed by atoms with van der Waals surface area (Å²) in [5.41, 5.74) is 2.67. The highest BCUT2D eigenvalue weighted by molar-refractivity contribution is 7.89. The molecule has 0 bridgehead atoms. The fourth-order valence-electron chi connectivity index (χ4n) is 4.24. The van der Waals surface area contributed by atoms with Crippen LogP contribution in [0.2, 0.25) is 0 Å². The Morgan fingerprint density at radius 1 is 0.838 bits per heavy atom. The maximum absolute atomic E-state index is 13.3. The third kappa shape index (κ3) is 5.42. The van der Waals surface area contributed by atoms with Crippen LogP contribution in [-0.4, -0.2) is 56.0 Å². The topological polar surface area (TPSA) is 84.9 Å². The smallest absolute Gasteiger partial charge is 0.246 e. The van der Waals surface area contributed by atoms with E-state index in [0.29, 0.717) is 37.9 Å². The first-order valence-electron chi connectivity index (χ1n) is 12.0. The van der Waals surface area contributed by atoms with Gasteiger partial charge in [-0.25, -0.2) is 18.4 Å². The summed E-state index contributed by atoms with van der Waals surface area (Å²) in [6.45, 7) is 3.54. The lowest BCUT2D eigenvalue weighted by atomic mass is 10.1. The molecular formula is C28H28N4O4S. The van der Waals surface area contributed by atoms with E-state index in [1.165, 1.54) is 11.4 Å². The number of sulfonamides is 1. The molecule has 1 saturated heterocycles. The molecule has 1 aliphatic heterocycles. The van der Waals surface area contributed by atoms with Gasteiger partial charge in [-0.05, 0) is 67.1 Å². The van der Waals surface area contributed by atoms with Crippen LogP contribution in [-0.2, 0) is 10.0 Å². The van der Waals surface area contributed by atoms with Crippen molar-refractivity contribution in [1.29, 1.82) is 0 Å². The number of benzene rings is 3. The van der Waals surface area contributed by atoms with E-state index in [9.17, 15) is 8.42 Å². The van der Waals surface area contributed by atoms with Crippen LogP contribution in [0.1, 0.15) is 5.56 Å². The van der Waals surface area contributed by atoms with E-state index >= 15 is 0 Å². The van der Waals surface area contributed by atoms with Gasteiger partial charge in [-0.3, -0.25) is 0 Å². The minimum Gasteiger partial charge on any atom is -0.495 e. The van der Waals surface area contributed by atoms with Crippen LogP contribution in [0, 0.1) is 6.92 Å². The van der Waals surface area contributed by atoms with E-state index < -0.39 is 10.0 Å². The second-order valence-electron chi connectivity index (χ2n) is 8.73. The van der Waals surface area contributed by atoms with Crippen molar-refractivity contribution in [3.8, 4) is 28.5 Å². The van der Waals surface area contributed by atoms with Crippen molar-refractivity contribution >= 4 is 16.0 Å². The molecule has 0 atom stereocenters. The summed E-state index contributed by atoms with van der Waals surface area (Å²) >= 11 is 0. The number of para-hydroxylation sites is 1. The first kappa shape index (κ1) is 24.7. The van der Waals surface area contributed by atoms with Gasteiger partial charge in [-0.1, -0.05) is 24.3 Å². The summed E-state index contributed by atoms with van der Waals surface area (Å²) < 4.78 is 39.3. The molecule has 1 fully saturated rings. The van der Waals surface area contributed by atoms with E-state index in [4.69, 9.17) is 14.5 Å². The monoisotopic (exact) mass is 516 g/mol. The van der Waals surface area contributed by atoms with Crippen LogP contribution in [0.4, 0.5) is 5.95 Å². The van der Waals surface area contributed by atoms with Gasteiger partial charge in [-0.2, -0.15) is 4.31 Å². The average molecular weight is 517 g/mol. The number of ether oxygens (including phenoxy) is 2. The van der Waals surface area contributed by atoms with Gasteiger partial charge in [0.2, 0.25) is 16.0 Å². The molecule has 0 unspecified atom stereocenters. The minimum atomic E-state index is -3.68. The summed E-state index contributed by atoms with van der Waals surface area (Å²) in [5.74, 6) is 2.46. The molecule has 2 heterocycles. The van der Waals surface area contributed by atoms with E-state index in [1.807, 2.05) is 72.5 Å². The number of aryl methyl sites for hydroxylation is 1. The number of nitrogens with zero attached hydrogens (tertiary/aromatic N) is 4. The Labute approximate surface area is 217 Å². The fraction of sp³-hybridized carbons (Fsp3) is 0.214. The Hall–Kier alpha value is -3.95. The molecule has 190 valence electrons. The number of aromatic nitrogens is 2. The molecule has 0 N–H and O–H groups in total. The first-order chi connectivity index (χ1) is 17.9. The molecule has 8 nitrogen and oxygen atoms in total. The van der Waals surface area contributed by atoms with Crippen LogP contribution in [0.3, 0.4) is 0 Å². The molecule has 37 heavy (non-hydrogen) atoms. The standard InChI is InChI=1S/C28H28N4O4S/c1-21-8-13-27(26(20-21)35-2)37(33,34)32-18-16-31(17-19-32)28-29-15-14-25(30-28)22-9-11-24(12-10-22)36-23-6-4-3-5-7-23/h3-15,20H,16-19H2,1-2H3. The maximum Gasteiger partial charge on any atom is 0.246 e. The molecule has 5 rings (SSSR count). The number of rotatable bonds is 7. The highest BCUT2D eigenvalue weighted by Gasteiger charge is 2.31. The van der Waals surface area contributed by atoms with Crippen LogP contribution >= 0.6 is 0 Å². The van der Waals surface area contributed by atoms with E-state index in [0.717, 1.165) is 28.3 Å². The Bertz CT molecular complexity index is 1470.